The van der Waals surface area contributed by atoms with Crippen molar-refractivity contribution < 1.29 is 0 Å². The van der Waals surface area contributed by atoms with E-state index in [1.807, 2.05) is 0 Å². The van der Waals surface area contributed by atoms with Gasteiger partial charge in [0.2, 0.25) is 0 Å². The van der Waals surface area contributed by atoms with Crippen molar-refractivity contribution in [2.24, 2.45) is 0 Å². The quantitative estimate of drug-likeness (QED) is 0.851. The van der Waals surface area contributed by atoms with Crippen LogP contribution in [0.5, 0.6) is 0 Å². The molecule has 0 atom stereocenters. The first-order valence-electron chi connectivity index (χ1n) is 4.92. The number of benzene rings is 1. The van der Waals surface area contributed by atoms with E-state index in [4.69, 9.17) is 11.6 Å². The SMILES string of the molecule is CNCc1c[nH]n(-c2ccc(Cl)cc2)c1=O. The van der Waals surface area contributed by atoms with Gasteiger partial charge in [0.1, 0.15) is 0 Å². The van der Waals surface area contributed by atoms with Crippen molar-refractivity contribution in [3.05, 3.63) is 51.4 Å². The number of aromatic nitrogens is 2. The molecular formula is C11H12ClN3O. The first kappa shape index (κ1) is 11.0. The lowest BCUT2D eigenvalue weighted by Gasteiger charge is -2.00. The van der Waals surface area contributed by atoms with Crippen LogP contribution in [-0.4, -0.2) is 16.8 Å². The summed E-state index contributed by atoms with van der Waals surface area (Å²) in [5.41, 5.74) is 1.44. The Morgan fingerprint density at radius 3 is 2.69 bits per heavy atom. The fourth-order valence-corrected chi connectivity index (χ4v) is 1.63. The van der Waals surface area contributed by atoms with Crippen molar-refractivity contribution in [2.75, 3.05) is 7.05 Å². The summed E-state index contributed by atoms with van der Waals surface area (Å²) in [5, 5.41) is 6.51. The molecule has 1 heterocycles. The zero-order valence-electron chi connectivity index (χ0n) is 8.83. The molecule has 0 aliphatic heterocycles. The summed E-state index contributed by atoms with van der Waals surface area (Å²) in [5.74, 6) is 0. The molecule has 16 heavy (non-hydrogen) atoms. The molecule has 2 aromatic rings. The van der Waals surface area contributed by atoms with E-state index in [1.54, 1.807) is 37.5 Å². The van der Waals surface area contributed by atoms with E-state index < -0.39 is 0 Å². The fraction of sp³-hybridized carbons (Fsp3) is 0.182. The molecular weight excluding hydrogens is 226 g/mol. The number of hydrogen-bond acceptors (Lipinski definition) is 2. The molecule has 0 spiro atoms. The van der Waals surface area contributed by atoms with Crippen LogP contribution in [0.2, 0.25) is 5.02 Å². The zero-order chi connectivity index (χ0) is 11.5. The number of nitrogens with zero attached hydrogens (tertiary/aromatic N) is 1. The minimum absolute atomic E-state index is 0.0447. The summed E-state index contributed by atoms with van der Waals surface area (Å²) < 4.78 is 1.49. The first-order valence-corrected chi connectivity index (χ1v) is 5.30. The smallest absolute Gasteiger partial charge is 0.275 e. The molecule has 0 aliphatic rings. The highest BCUT2D eigenvalue weighted by molar-refractivity contribution is 6.30. The number of nitrogens with one attached hydrogen (secondary N) is 2. The minimum Gasteiger partial charge on any atom is -0.315 e. The standard InChI is InChI=1S/C11H12ClN3O/c1-13-6-8-7-14-15(11(8)16)10-4-2-9(12)3-5-10/h2-5,7,13-14H,6H2,1H3. The van der Waals surface area contributed by atoms with Crippen LogP contribution >= 0.6 is 11.6 Å². The van der Waals surface area contributed by atoms with Gasteiger partial charge in [-0.25, -0.2) is 4.68 Å². The lowest BCUT2D eigenvalue weighted by molar-refractivity contribution is 0.802. The average Bonchev–Trinajstić information content (AvgIpc) is 2.63. The third kappa shape index (κ3) is 2.03. The van der Waals surface area contributed by atoms with Crippen LogP contribution in [0.3, 0.4) is 0 Å². The van der Waals surface area contributed by atoms with Crippen LogP contribution in [0.4, 0.5) is 0 Å². The number of H-pyrrole nitrogens is 1. The van der Waals surface area contributed by atoms with Gasteiger partial charge in [-0.3, -0.25) is 9.89 Å². The summed E-state index contributed by atoms with van der Waals surface area (Å²) in [7, 11) is 1.80. The lowest BCUT2D eigenvalue weighted by atomic mass is 10.3. The van der Waals surface area contributed by atoms with Gasteiger partial charge >= 0.3 is 0 Å². The Labute approximate surface area is 97.8 Å². The highest BCUT2D eigenvalue weighted by Crippen LogP contribution is 2.11. The molecule has 0 unspecified atom stereocenters. The number of hydrogen-bond donors (Lipinski definition) is 2. The average molecular weight is 238 g/mol. The molecule has 0 bridgehead atoms. The van der Waals surface area contributed by atoms with E-state index in [2.05, 4.69) is 10.4 Å². The topological polar surface area (TPSA) is 49.8 Å². The Kier molecular flexibility index (Phi) is 3.12. The van der Waals surface area contributed by atoms with Crippen LogP contribution in [0.1, 0.15) is 5.56 Å². The summed E-state index contributed by atoms with van der Waals surface area (Å²) in [6.45, 7) is 0.552. The maximum Gasteiger partial charge on any atom is 0.275 e. The van der Waals surface area contributed by atoms with Crippen molar-refractivity contribution in [1.82, 2.24) is 15.1 Å². The molecule has 0 fully saturated rings. The predicted octanol–water partition coefficient (Wildman–Crippen LogP) is 1.54. The van der Waals surface area contributed by atoms with Gasteiger partial charge in [0.25, 0.3) is 5.56 Å². The highest BCUT2D eigenvalue weighted by atomic mass is 35.5. The molecule has 84 valence electrons. The van der Waals surface area contributed by atoms with Gasteiger partial charge in [0.05, 0.1) is 11.3 Å². The van der Waals surface area contributed by atoms with Crippen molar-refractivity contribution >= 4 is 11.6 Å². The summed E-state index contributed by atoms with van der Waals surface area (Å²) >= 11 is 5.79. The van der Waals surface area contributed by atoms with E-state index in [0.717, 1.165) is 5.69 Å². The molecule has 5 heteroatoms. The van der Waals surface area contributed by atoms with E-state index in [9.17, 15) is 4.79 Å². The van der Waals surface area contributed by atoms with Gasteiger partial charge in [0.15, 0.2) is 0 Å². The molecule has 1 aromatic carbocycles. The van der Waals surface area contributed by atoms with Gasteiger partial charge in [-0.2, -0.15) is 0 Å². The highest BCUT2D eigenvalue weighted by Gasteiger charge is 2.06. The van der Waals surface area contributed by atoms with E-state index in [1.165, 1.54) is 4.68 Å². The Balaban J connectivity index is 2.41. The molecule has 4 nitrogen and oxygen atoms in total. The number of halogens is 1. The molecule has 2 N–H and O–H groups in total. The summed E-state index contributed by atoms with van der Waals surface area (Å²) in [4.78, 5) is 11.9. The molecule has 0 saturated carbocycles. The number of rotatable bonds is 3. The summed E-state index contributed by atoms with van der Waals surface area (Å²) in [6.07, 6.45) is 1.70. The first-order chi connectivity index (χ1) is 7.72. The van der Waals surface area contributed by atoms with Gasteiger partial charge < -0.3 is 5.32 Å². The third-order valence-corrected chi connectivity index (χ3v) is 2.55. The maximum atomic E-state index is 11.9. The van der Waals surface area contributed by atoms with E-state index in [-0.39, 0.29) is 5.56 Å². The Morgan fingerprint density at radius 1 is 1.38 bits per heavy atom. The second kappa shape index (κ2) is 4.55. The summed E-state index contributed by atoms with van der Waals surface area (Å²) in [6, 6.07) is 7.09. The molecule has 0 saturated heterocycles. The molecule has 1 aromatic heterocycles. The van der Waals surface area contributed by atoms with Crippen molar-refractivity contribution in [3.63, 3.8) is 0 Å². The van der Waals surface area contributed by atoms with Gasteiger partial charge in [0, 0.05) is 17.8 Å². The fourth-order valence-electron chi connectivity index (χ4n) is 1.51. The van der Waals surface area contributed by atoms with Gasteiger partial charge in [-0.15, -0.1) is 0 Å². The van der Waals surface area contributed by atoms with E-state index >= 15 is 0 Å². The second-order valence-corrected chi connectivity index (χ2v) is 3.88. The van der Waals surface area contributed by atoms with Crippen molar-refractivity contribution in [2.45, 2.75) is 6.54 Å². The Bertz CT molecular complexity index is 527. The van der Waals surface area contributed by atoms with Crippen LogP contribution < -0.4 is 10.9 Å². The monoisotopic (exact) mass is 237 g/mol. The normalized spacial score (nSPS) is 10.6. The van der Waals surface area contributed by atoms with Gasteiger partial charge in [-0.05, 0) is 31.3 Å². The molecule has 0 aliphatic carbocycles. The minimum atomic E-state index is -0.0447. The predicted molar refractivity (Wildman–Crippen MR) is 64.2 cm³/mol. The largest absolute Gasteiger partial charge is 0.315 e. The van der Waals surface area contributed by atoms with Crippen LogP contribution in [0, 0.1) is 0 Å². The lowest BCUT2D eigenvalue weighted by Crippen LogP contribution is -2.20. The van der Waals surface area contributed by atoms with Crippen LogP contribution in [0.25, 0.3) is 5.69 Å². The van der Waals surface area contributed by atoms with Crippen molar-refractivity contribution in [1.29, 1.82) is 0 Å². The van der Waals surface area contributed by atoms with Crippen LogP contribution in [0.15, 0.2) is 35.3 Å². The van der Waals surface area contributed by atoms with Gasteiger partial charge in [-0.1, -0.05) is 11.6 Å². The molecule has 0 radical (unpaired) electrons. The Morgan fingerprint density at radius 2 is 2.06 bits per heavy atom. The number of aromatic amines is 1. The Hall–Kier alpha value is -1.52. The van der Waals surface area contributed by atoms with Crippen molar-refractivity contribution in [3.8, 4) is 5.69 Å². The second-order valence-electron chi connectivity index (χ2n) is 3.45. The third-order valence-electron chi connectivity index (χ3n) is 2.30. The van der Waals surface area contributed by atoms with E-state index in [0.29, 0.717) is 17.1 Å². The van der Waals surface area contributed by atoms with Crippen LogP contribution in [-0.2, 0) is 6.54 Å². The molecule has 2 rings (SSSR count). The molecule has 0 amide bonds. The maximum absolute atomic E-state index is 11.9. The zero-order valence-corrected chi connectivity index (χ0v) is 9.58.